The maximum absolute atomic E-state index is 12.7. The second-order valence-electron chi connectivity index (χ2n) is 21.2. The van der Waals surface area contributed by atoms with Crippen LogP contribution in [0.3, 0.4) is 0 Å². The van der Waals surface area contributed by atoms with Gasteiger partial charge < -0.3 is 37.6 Å². The Morgan fingerprint density at radius 3 is 2.20 bits per heavy atom. The Morgan fingerprint density at radius 1 is 0.875 bits per heavy atom. The van der Waals surface area contributed by atoms with E-state index in [0.29, 0.717) is 47.3 Å². The first kappa shape index (κ1) is 52.0. The van der Waals surface area contributed by atoms with E-state index in [2.05, 4.69) is 109 Å². The Bertz CT molecular complexity index is 1380. The molecule has 0 aromatic heterocycles. The van der Waals surface area contributed by atoms with E-state index in [4.69, 9.17) is 18.9 Å². The van der Waals surface area contributed by atoms with Crippen LogP contribution in [0.5, 0.6) is 0 Å². The SMILES string of the molecule is CCC1O[C@@H](O[C@H]2C(C)[C@H](C)C(C)O[C@H]2O[C@H]2CCC3(C)C(CCC4(C)C3CC=C3C5CC(C)(C)CCC5([C-]=O)[CH-]C[C@]34C)[C-]2C)[C@@H](C)C(C)[C@H]1C.[CH3-].[V].[W].[Y]. The number of allylic oxidation sites excluding steroid dienone is 2. The maximum atomic E-state index is 12.7. The molecule has 2 aliphatic heterocycles. The zero-order chi connectivity index (χ0) is 37.8. The van der Waals surface area contributed by atoms with Crippen LogP contribution in [0.2, 0.25) is 0 Å². The molecule has 0 aromatic rings. The Kier molecular flexibility index (Phi) is 17.4. The van der Waals surface area contributed by atoms with Gasteiger partial charge in [-0.3, -0.25) is 17.6 Å². The van der Waals surface area contributed by atoms with Crippen molar-refractivity contribution in [2.45, 2.75) is 191 Å². The fourth-order valence-corrected chi connectivity index (χ4v) is 13.8. The average molecular weight is 1060 g/mol. The van der Waals surface area contributed by atoms with E-state index in [-0.39, 0.29) is 132 Å². The molecule has 8 heteroatoms. The third-order valence-corrected chi connectivity index (χ3v) is 18.5. The molecular formula is C48H78O5VWY-4. The van der Waals surface area contributed by atoms with Crippen molar-refractivity contribution in [1.29, 1.82) is 0 Å². The summed E-state index contributed by atoms with van der Waals surface area (Å²) in [5.41, 5.74) is 1.96. The van der Waals surface area contributed by atoms with Gasteiger partial charge in [-0.15, -0.1) is 0 Å². The summed E-state index contributed by atoms with van der Waals surface area (Å²) in [5, 5.41) is 0. The molecule has 0 aromatic carbocycles. The normalized spacial score (nSPS) is 51.0. The first-order valence-corrected chi connectivity index (χ1v) is 21.8. The average Bonchev–Trinajstić information content (AvgIpc) is 3.10. The summed E-state index contributed by atoms with van der Waals surface area (Å²) in [6, 6.07) is 0. The largest absolute Gasteiger partial charge is 0.544 e. The number of hydrogen-bond acceptors (Lipinski definition) is 5. The van der Waals surface area contributed by atoms with Crippen molar-refractivity contribution in [3.8, 4) is 0 Å². The van der Waals surface area contributed by atoms with Crippen molar-refractivity contribution >= 4 is 6.29 Å². The molecule has 5 aliphatic carbocycles. The number of rotatable bonds is 6. The second-order valence-corrected chi connectivity index (χ2v) is 21.2. The molecule has 7 rings (SSSR count). The summed E-state index contributed by atoms with van der Waals surface area (Å²) in [6.45, 7) is 31.2. The van der Waals surface area contributed by atoms with E-state index < -0.39 is 11.7 Å². The molecule has 2 heterocycles. The first-order chi connectivity index (χ1) is 24.4. The van der Waals surface area contributed by atoms with Crippen molar-refractivity contribution in [3.63, 3.8) is 0 Å². The van der Waals surface area contributed by atoms with Crippen LogP contribution in [0.4, 0.5) is 0 Å². The van der Waals surface area contributed by atoms with Gasteiger partial charge in [0.2, 0.25) is 0 Å². The molecule has 2 saturated heterocycles. The van der Waals surface area contributed by atoms with Gasteiger partial charge in [-0.05, 0) is 84.9 Å². The number of hydrogen-bond donors (Lipinski definition) is 0. The maximum Gasteiger partial charge on any atom is 0.182 e. The molecule has 18 atom stereocenters. The van der Waals surface area contributed by atoms with Gasteiger partial charge in [0.05, 0.1) is 12.2 Å². The van der Waals surface area contributed by atoms with Crippen molar-refractivity contribution in [3.05, 3.63) is 31.4 Å². The predicted molar refractivity (Wildman–Crippen MR) is 215 cm³/mol. The van der Waals surface area contributed by atoms with Crippen molar-refractivity contribution in [1.82, 2.24) is 0 Å². The molecule has 0 amide bonds. The molecule has 0 bridgehead atoms. The number of ether oxygens (including phenoxy) is 4. The van der Waals surface area contributed by atoms with Crippen molar-refractivity contribution in [2.75, 3.05) is 0 Å². The first-order valence-electron chi connectivity index (χ1n) is 21.8. The Balaban J connectivity index is 0.00000210. The Morgan fingerprint density at radius 2 is 1.55 bits per heavy atom. The second kappa shape index (κ2) is 18.8. The van der Waals surface area contributed by atoms with Crippen LogP contribution in [0.1, 0.15) is 154 Å². The van der Waals surface area contributed by atoms with Crippen LogP contribution >= 0.6 is 0 Å². The van der Waals surface area contributed by atoms with Gasteiger partial charge in [0.1, 0.15) is 6.10 Å². The van der Waals surface area contributed by atoms with Crippen molar-refractivity contribution in [2.24, 2.45) is 74.4 Å². The van der Waals surface area contributed by atoms with Gasteiger partial charge in [-0.1, -0.05) is 131 Å². The van der Waals surface area contributed by atoms with E-state index in [9.17, 15) is 4.79 Å². The fourth-order valence-electron chi connectivity index (χ4n) is 13.8. The summed E-state index contributed by atoms with van der Waals surface area (Å²) in [6.07, 6.45) is 18.2. The van der Waals surface area contributed by atoms with Crippen LogP contribution in [0.15, 0.2) is 11.6 Å². The molecule has 56 heavy (non-hydrogen) atoms. The Labute approximate surface area is 396 Å². The van der Waals surface area contributed by atoms with Gasteiger partial charge in [0.15, 0.2) is 12.6 Å². The zero-order valence-corrected chi connectivity index (χ0v) is 45.0. The summed E-state index contributed by atoms with van der Waals surface area (Å²) < 4.78 is 27.7. The standard InChI is InChI=1S/C47H75O5.CH3.V.W.Y/c1-14-37-29(4)27(2)31(6)41(50-37)52-40-30(5)28(3)33(8)49-42(40)51-38-18-19-44(11)34(32(38)7)17-20-46(13)39(44)16-15-35-36-25-43(9,10)21-23-47(36,26-48)24-22-45(35,46)12;;;;/h15,24,27-31,33-34,36-42H,14,16-23,25H2,1-13H3;1H3;;;/q-3;-1;;;/t27?,28-,29+,30?,31-,33?,34?,36?,37?,38-,39?,40-,41-,42-,44?,45+,46?,47?;;;;/m0..../s1. The molecule has 5 nitrogen and oxygen atoms in total. The topological polar surface area (TPSA) is 54.0 Å². The van der Waals surface area contributed by atoms with Crippen LogP contribution < -0.4 is 0 Å². The molecule has 2 radical (unpaired) electrons. The van der Waals surface area contributed by atoms with E-state index in [1.165, 1.54) is 25.2 Å². The van der Waals surface area contributed by atoms with Crippen LogP contribution in [0.25, 0.3) is 0 Å². The van der Waals surface area contributed by atoms with Crippen LogP contribution in [-0.4, -0.2) is 43.3 Å². The zero-order valence-electron chi connectivity index (χ0n) is 37.8. The molecule has 0 N–H and O–H groups in total. The quantitative estimate of drug-likeness (QED) is 0.151. The molecule has 318 valence electrons. The van der Waals surface area contributed by atoms with Gasteiger partial charge in [0, 0.05) is 78.2 Å². The summed E-state index contributed by atoms with van der Waals surface area (Å²) in [4.78, 5) is 12.7. The smallest absolute Gasteiger partial charge is 0.182 e. The van der Waals surface area contributed by atoms with Crippen molar-refractivity contribution < 1.29 is 96.1 Å². The third-order valence-electron chi connectivity index (χ3n) is 18.5. The van der Waals surface area contributed by atoms with Gasteiger partial charge in [-0.2, -0.15) is 19.3 Å². The van der Waals surface area contributed by atoms with Gasteiger partial charge in [0.25, 0.3) is 0 Å². The third kappa shape index (κ3) is 8.28. The van der Waals surface area contributed by atoms with Crippen LogP contribution in [0, 0.1) is 94.2 Å². The summed E-state index contributed by atoms with van der Waals surface area (Å²) >= 11 is 0. The molecular weight excluding hydrogens is 980 g/mol. The Hall–Kier alpha value is 1.63. The minimum atomic E-state index is -0.406. The minimum Gasteiger partial charge on any atom is -0.544 e. The molecule has 4 saturated carbocycles. The van der Waals surface area contributed by atoms with E-state index >= 15 is 0 Å². The predicted octanol–water partition coefficient (Wildman–Crippen LogP) is 11.6. The van der Waals surface area contributed by atoms with Gasteiger partial charge in [-0.25, -0.2) is 0 Å². The molecule has 6 fully saturated rings. The monoisotopic (exact) mass is 1060 g/mol. The summed E-state index contributed by atoms with van der Waals surface area (Å²) in [5.74, 6) is 4.97. The summed E-state index contributed by atoms with van der Waals surface area (Å²) in [7, 11) is 0. The van der Waals surface area contributed by atoms with Crippen LogP contribution in [-0.2, 0) is 96.1 Å². The fraction of sp³-hybridized carbons (Fsp3) is 0.875. The molecule has 7 aliphatic rings. The molecule has 10 unspecified atom stereocenters. The minimum absolute atomic E-state index is 0. The van der Waals surface area contributed by atoms with Gasteiger partial charge >= 0.3 is 0 Å². The van der Waals surface area contributed by atoms with E-state index in [1.54, 1.807) is 5.57 Å². The van der Waals surface area contributed by atoms with E-state index in [1.807, 2.05) is 0 Å². The number of fused-ring (bicyclic) bond motifs is 7. The molecule has 0 spiro atoms. The van der Waals surface area contributed by atoms with E-state index in [0.717, 1.165) is 44.9 Å². The number of carbonyl (C=O) groups excluding carboxylic acids is 1.